The minimum Gasteiger partial charge on any atom is -0.345 e. The van der Waals surface area contributed by atoms with E-state index in [1.165, 1.54) is 11.6 Å². The molecule has 152 valence electrons. The number of carbonyl (C=O) groups excluding carboxylic acids is 1. The predicted octanol–water partition coefficient (Wildman–Crippen LogP) is 3.35. The summed E-state index contributed by atoms with van der Waals surface area (Å²) in [6, 6.07) is 14.2. The highest BCUT2D eigenvalue weighted by atomic mass is 32.2. The lowest BCUT2D eigenvalue weighted by Gasteiger charge is -2.15. The van der Waals surface area contributed by atoms with E-state index in [9.17, 15) is 13.2 Å². The molecule has 0 spiro atoms. The molecule has 0 saturated carbocycles. The highest BCUT2D eigenvalue weighted by molar-refractivity contribution is 7.92. The summed E-state index contributed by atoms with van der Waals surface area (Å²) >= 11 is 0. The standard InChI is InChI=1S/C21H24N4O3S/c1-14-8-10-19(11-9-14)25-16(3)20(13-22-25)15(2)23-21(26)17-6-5-7-18(12-17)24-29(4,27)28/h5-13,15,24H,1-4H3,(H,23,26)/t15-/m1/s1. The second-order valence-electron chi connectivity index (χ2n) is 7.08. The van der Waals surface area contributed by atoms with Crippen LogP contribution in [0.3, 0.4) is 0 Å². The van der Waals surface area contributed by atoms with Crippen LogP contribution >= 0.6 is 0 Å². The molecule has 0 unspecified atom stereocenters. The zero-order chi connectivity index (χ0) is 21.2. The van der Waals surface area contributed by atoms with Crippen LogP contribution in [-0.2, 0) is 10.0 Å². The molecule has 0 bridgehead atoms. The molecule has 1 aromatic heterocycles. The number of nitrogens with one attached hydrogen (secondary N) is 2. The third-order valence-electron chi connectivity index (χ3n) is 4.57. The van der Waals surface area contributed by atoms with Crippen molar-refractivity contribution in [3.05, 3.63) is 77.1 Å². The number of carbonyl (C=O) groups is 1. The van der Waals surface area contributed by atoms with E-state index in [0.29, 0.717) is 11.3 Å². The summed E-state index contributed by atoms with van der Waals surface area (Å²) < 4.78 is 27.0. The zero-order valence-corrected chi connectivity index (χ0v) is 17.6. The van der Waals surface area contributed by atoms with Crippen molar-refractivity contribution in [3.63, 3.8) is 0 Å². The first kappa shape index (κ1) is 20.6. The van der Waals surface area contributed by atoms with Crippen molar-refractivity contribution in [2.75, 3.05) is 11.0 Å². The number of rotatable bonds is 6. The highest BCUT2D eigenvalue weighted by Gasteiger charge is 2.17. The van der Waals surface area contributed by atoms with E-state index in [1.54, 1.807) is 24.4 Å². The Morgan fingerprint density at radius 3 is 2.45 bits per heavy atom. The summed E-state index contributed by atoms with van der Waals surface area (Å²) in [5.41, 5.74) is 4.69. The van der Waals surface area contributed by atoms with Gasteiger partial charge in [0.2, 0.25) is 10.0 Å². The molecule has 2 aromatic carbocycles. The van der Waals surface area contributed by atoms with Gasteiger partial charge in [0, 0.05) is 22.5 Å². The molecule has 0 saturated heterocycles. The van der Waals surface area contributed by atoms with Crippen LogP contribution in [0.25, 0.3) is 5.69 Å². The van der Waals surface area contributed by atoms with Crippen molar-refractivity contribution < 1.29 is 13.2 Å². The monoisotopic (exact) mass is 412 g/mol. The lowest BCUT2D eigenvalue weighted by Crippen LogP contribution is -2.27. The van der Waals surface area contributed by atoms with Gasteiger partial charge < -0.3 is 5.32 Å². The molecule has 0 aliphatic rings. The maximum Gasteiger partial charge on any atom is 0.251 e. The lowest BCUT2D eigenvalue weighted by molar-refractivity contribution is 0.0940. The first-order valence-corrected chi connectivity index (χ1v) is 11.0. The quantitative estimate of drug-likeness (QED) is 0.649. The van der Waals surface area contributed by atoms with Crippen LogP contribution in [0.1, 0.15) is 40.1 Å². The topological polar surface area (TPSA) is 93.1 Å². The Kier molecular flexibility index (Phi) is 5.74. The van der Waals surface area contributed by atoms with Crippen LogP contribution in [0.5, 0.6) is 0 Å². The number of amides is 1. The molecule has 7 nitrogen and oxygen atoms in total. The van der Waals surface area contributed by atoms with Crippen LogP contribution in [0, 0.1) is 13.8 Å². The average molecular weight is 413 g/mol. The van der Waals surface area contributed by atoms with Gasteiger partial charge in [-0.05, 0) is 51.1 Å². The largest absolute Gasteiger partial charge is 0.345 e. The number of hydrogen-bond donors (Lipinski definition) is 2. The molecule has 0 radical (unpaired) electrons. The van der Waals surface area contributed by atoms with Crippen molar-refractivity contribution in [1.29, 1.82) is 0 Å². The Morgan fingerprint density at radius 1 is 1.10 bits per heavy atom. The van der Waals surface area contributed by atoms with Crippen molar-refractivity contribution in [3.8, 4) is 5.69 Å². The Labute approximate surface area is 170 Å². The van der Waals surface area contributed by atoms with E-state index in [-0.39, 0.29) is 11.9 Å². The molecule has 0 fully saturated rings. The van der Waals surface area contributed by atoms with Crippen molar-refractivity contribution in [1.82, 2.24) is 15.1 Å². The van der Waals surface area contributed by atoms with Crippen molar-refractivity contribution in [2.45, 2.75) is 26.8 Å². The van der Waals surface area contributed by atoms with Crippen LogP contribution in [0.4, 0.5) is 5.69 Å². The van der Waals surface area contributed by atoms with Gasteiger partial charge in [0.15, 0.2) is 0 Å². The van der Waals surface area contributed by atoms with E-state index in [2.05, 4.69) is 15.1 Å². The number of aromatic nitrogens is 2. The smallest absolute Gasteiger partial charge is 0.251 e. The maximum atomic E-state index is 12.7. The fraction of sp³-hybridized carbons (Fsp3) is 0.238. The minimum atomic E-state index is -3.41. The summed E-state index contributed by atoms with van der Waals surface area (Å²) in [7, 11) is -3.41. The van der Waals surface area contributed by atoms with E-state index in [1.807, 2.05) is 49.7 Å². The van der Waals surface area contributed by atoms with Crippen LogP contribution in [-0.4, -0.2) is 30.4 Å². The molecule has 0 aliphatic heterocycles. The average Bonchev–Trinajstić information content (AvgIpc) is 3.02. The fourth-order valence-corrected chi connectivity index (χ4v) is 3.64. The molecule has 1 atom stereocenters. The molecule has 1 heterocycles. The third kappa shape index (κ3) is 5.03. The summed E-state index contributed by atoms with van der Waals surface area (Å²) in [6.07, 6.45) is 2.82. The fourth-order valence-electron chi connectivity index (χ4n) is 3.09. The molecule has 0 aliphatic carbocycles. The molecular formula is C21H24N4O3S. The molecule has 2 N–H and O–H groups in total. The van der Waals surface area contributed by atoms with Crippen LogP contribution in [0.15, 0.2) is 54.7 Å². The Hall–Kier alpha value is -3.13. The lowest BCUT2D eigenvalue weighted by atomic mass is 10.1. The molecule has 3 aromatic rings. The molecule has 8 heteroatoms. The molecule has 1 amide bonds. The summed E-state index contributed by atoms with van der Waals surface area (Å²) in [4.78, 5) is 12.7. The zero-order valence-electron chi connectivity index (χ0n) is 16.8. The number of nitrogens with zero attached hydrogens (tertiary/aromatic N) is 2. The van der Waals surface area contributed by atoms with Gasteiger partial charge in [-0.15, -0.1) is 0 Å². The van der Waals surface area contributed by atoms with Gasteiger partial charge in [0.25, 0.3) is 5.91 Å². The second kappa shape index (κ2) is 8.08. The van der Waals surface area contributed by atoms with Gasteiger partial charge in [-0.3, -0.25) is 9.52 Å². The molecular weight excluding hydrogens is 388 g/mol. The highest BCUT2D eigenvalue weighted by Crippen LogP contribution is 2.21. The number of aryl methyl sites for hydroxylation is 1. The molecule has 3 rings (SSSR count). The Bertz CT molecular complexity index is 1130. The first-order valence-electron chi connectivity index (χ1n) is 9.14. The summed E-state index contributed by atoms with van der Waals surface area (Å²) in [5, 5.41) is 7.41. The Balaban J connectivity index is 1.77. The summed E-state index contributed by atoms with van der Waals surface area (Å²) in [6.45, 7) is 5.88. The van der Waals surface area contributed by atoms with Gasteiger partial charge in [-0.1, -0.05) is 23.8 Å². The SMILES string of the molecule is Cc1ccc(-n2ncc([C@@H](C)NC(=O)c3cccc(NS(C)(=O)=O)c3)c2C)cc1. The third-order valence-corrected chi connectivity index (χ3v) is 5.17. The van der Waals surface area contributed by atoms with Crippen LogP contribution in [0.2, 0.25) is 0 Å². The number of hydrogen-bond acceptors (Lipinski definition) is 4. The van der Waals surface area contributed by atoms with E-state index < -0.39 is 10.0 Å². The van der Waals surface area contributed by atoms with Crippen molar-refractivity contribution >= 4 is 21.6 Å². The normalized spacial score (nSPS) is 12.4. The minimum absolute atomic E-state index is 0.270. The maximum absolute atomic E-state index is 12.7. The number of benzene rings is 2. The van der Waals surface area contributed by atoms with E-state index >= 15 is 0 Å². The summed E-state index contributed by atoms with van der Waals surface area (Å²) in [5.74, 6) is -0.294. The Morgan fingerprint density at radius 2 is 1.79 bits per heavy atom. The van der Waals surface area contributed by atoms with Crippen molar-refractivity contribution in [2.24, 2.45) is 0 Å². The number of anilines is 1. The van der Waals surface area contributed by atoms with Gasteiger partial charge >= 0.3 is 0 Å². The van der Waals surface area contributed by atoms with Gasteiger partial charge in [0.1, 0.15) is 0 Å². The van der Waals surface area contributed by atoms with Gasteiger partial charge in [-0.2, -0.15) is 5.10 Å². The predicted molar refractivity (Wildman–Crippen MR) is 114 cm³/mol. The number of sulfonamides is 1. The van der Waals surface area contributed by atoms with E-state index in [4.69, 9.17) is 0 Å². The van der Waals surface area contributed by atoms with Gasteiger partial charge in [0.05, 0.1) is 24.2 Å². The van der Waals surface area contributed by atoms with Gasteiger partial charge in [-0.25, -0.2) is 13.1 Å². The first-order chi connectivity index (χ1) is 13.6. The van der Waals surface area contributed by atoms with Crippen LogP contribution < -0.4 is 10.0 Å². The molecule has 29 heavy (non-hydrogen) atoms. The van der Waals surface area contributed by atoms with E-state index in [0.717, 1.165) is 23.2 Å². The second-order valence-corrected chi connectivity index (χ2v) is 8.83.